The van der Waals surface area contributed by atoms with Gasteiger partial charge in [0.15, 0.2) is 0 Å². The molecule has 0 amide bonds. The van der Waals surface area contributed by atoms with Gasteiger partial charge in [-0.3, -0.25) is 0 Å². The van der Waals surface area contributed by atoms with Crippen LogP contribution in [0.3, 0.4) is 0 Å². The van der Waals surface area contributed by atoms with Crippen LogP contribution in [0.1, 0.15) is 37.8 Å². The summed E-state index contributed by atoms with van der Waals surface area (Å²) in [6.45, 7) is 4.50. The molecule has 0 aliphatic carbocycles. The minimum atomic E-state index is 1.20. The van der Waals surface area contributed by atoms with Crippen molar-refractivity contribution >= 4 is 5.69 Å². The molecule has 0 unspecified atom stereocenters. The Morgan fingerprint density at radius 3 is 2.20 bits per heavy atom. The maximum absolute atomic E-state index is 2.28. The van der Waals surface area contributed by atoms with Gasteiger partial charge in [-0.15, -0.1) is 0 Å². The number of rotatable bonds is 5. The van der Waals surface area contributed by atoms with E-state index in [1.54, 1.807) is 5.56 Å². The van der Waals surface area contributed by atoms with E-state index in [2.05, 4.69) is 51.0 Å². The number of benzene rings is 1. The molecule has 0 heterocycles. The molecule has 15 heavy (non-hydrogen) atoms. The lowest BCUT2D eigenvalue weighted by molar-refractivity contribution is 0.855. The lowest BCUT2D eigenvalue weighted by Crippen LogP contribution is -2.12. The SMILES string of the molecule is CCCc1cccc(N(C)C)c1CCC. The van der Waals surface area contributed by atoms with Crippen molar-refractivity contribution in [2.24, 2.45) is 0 Å². The second-order valence-electron chi connectivity index (χ2n) is 4.31. The highest BCUT2D eigenvalue weighted by molar-refractivity contribution is 5.56. The molecule has 1 aromatic rings. The Labute approximate surface area is 94.1 Å². The van der Waals surface area contributed by atoms with Gasteiger partial charge in [0.05, 0.1) is 0 Å². The summed E-state index contributed by atoms with van der Waals surface area (Å²) in [4.78, 5) is 2.23. The monoisotopic (exact) mass is 205 g/mol. The maximum atomic E-state index is 2.28. The molecule has 0 atom stereocenters. The summed E-state index contributed by atoms with van der Waals surface area (Å²) in [6.07, 6.45) is 4.86. The summed E-state index contributed by atoms with van der Waals surface area (Å²) < 4.78 is 0. The Balaban J connectivity index is 3.09. The zero-order valence-electron chi connectivity index (χ0n) is 10.5. The fraction of sp³-hybridized carbons (Fsp3) is 0.571. The predicted octanol–water partition coefficient (Wildman–Crippen LogP) is 3.66. The molecule has 0 aliphatic heterocycles. The van der Waals surface area contributed by atoms with Gasteiger partial charge in [0, 0.05) is 19.8 Å². The number of hydrogen-bond acceptors (Lipinski definition) is 1. The van der Waals surface area contributed by atoms with Gasteiger partial charge in [-0.2, -0.15) is 0 Å². The number of aryl methyl sites for hydroxylation is 1. The van der Waals surface area contributed by atoms with E-state index < -0.39 is 0 Å². The first kappa shape index (κ1) is 12.1. The van der Waals surface area contributed by atoms with Crippen LogP contribution in [0.2, 0.25) is 0 Å². The molecule has 0 spiro atoms. The molecule has 0 saturated heterocycles. The molecule has 0 N–H and O–H groups in total. The molecule has 0 fully saturated rings. The van der Waals surface area contributed by atoms with E-state index in [0.717, 1.165) is 0 Å². The van der Waals surface area contributed by atoms with Crippen molar-refractivity contribution in [3.63, 3.8) is 0 Å². The van der Waals surface area contributed by atoms with Crippen molar-refractivity contribution in [1.82, 2.24) is 0 Å². The van der Waals surface area contributed by atoms with Crippen molar-refractivity contribution in [2.45, 2.75) is 39.5 Å². The van der Waals surface area contributed by atoms with Gasteiger partial charge in [0.1, 0.15) is 0 Å². The van der Waals surface area contributed by atoms with Crippen LogP contribution in [-0.2, 0) is 12.8 Å². The van der Waals surface area contributed by atoms with Crippen molar-refractivity contribution in [3.8, 4) is 0 Å². The van der Waals surface area contributed by atoms with Gasteiger partial charge in [0.2, 0.25) is 0 Å². The molecule has 84 valence electrons. The lowest BCUT2D eigenvalue weighted by Gasteiger charge is -2.20. The fourth-order valence-corrected chi connectivity index (χ4v) is 2.08. The average molecular weight is 205 g/mol. The third-order valence-corrected chi connectivity index (χ3v) is 2.75. The van der Waals surface area contributed by atoms with Crippen molar-refractivity contribution in [2.75, 3.05) is 19.0 Å². The average Bonchev–Trinajstić information content (AvgIpc) is 2.21. The smallest absolute Gasteiger partial charge is 0.0396 e. The molecule has 1 aromatic carbocycles. The molecule has 0 aromatic heterocycles. The molecule has 1 heteroatoms. The summed E-state index contributed by atoms with van der Waals surface area (Å²) in [7, 11) is 4.26. The zero-order chi connectivity index (χ0) is 11.3. The third kappa shape index (κ3) is 2.98. The van der Waals surface area contributed by atoms with E-state index in [1.807, 2.05) is 0 Å². The van der Waals surface area contributed by atoms with E-state index in [4.69, 9.17) is 0 Å². The van der Waals surface area contributed by atoms with Crippen molar-refractivity contribution in [1.29, 1.82) is 0 Å². The van der Waals surface area contributed by atoms with Gasteiger partial charge in [0.25, 0.3) is 0 Å². The fourth-order valence-electron chi connectivity index (χ4n) is 2.08. The van der Waals surface area contributed by atoms with E-state index >= 15 is 0 Å². The van der Waals surface area contributed by atoms with E-state index in [-0.39, 0.29) is 0 Å². The van der Waals surface area contributed by atoms with Crippen LogP contribution < -0.4 is 4.90 Å². The standard InChI is InChI=1S/C14H23N/c1-5-8-12-10-7-11-14(15(3)4)13(12)9-6-2/h7,10-11H,5-6,8-9H2,1-4H3. The number of hydrogen-bond donors (Lipinski definition) is 0. The van der Waals surface area contributed by atoms with Crippen molar-refractivity contribution in [3.05, 3.63) is 29.3 Å². The van der Waals surface area contributed by atoms with Gasteiger partial charge in [-0.05, 0) is 30.0 Å². The van der Waals surface area contributed by atoms with E-state index in [0.29, 0.717) is 0 Å². The first-order valence-corrected chi connectivity index (χ1v) is 5.98. The lowest BCUT2D eigenvalue weighted by atomic mass is 9.97. The Hall–Kier alpha value is -0.980. The third-order valence-electron chi connectivity index (χ3n) is 2.75. The molecule has 0 bridgehead atoms. The first-order valence-electron chi connectivity index (χ1n) is 5.98. The van der Waals surface area contributed by atoms with Gasteiger partial charge in [-0.1, -0.05) is 38.8 Å². The normalized spacial score (nSPS) is 10.4. The largest absolute Gasteiger partial charge is 0.377 e. The van der Waals surface area contributed by atoms with Gasteiger partial charge >= 0.3 is 0 Å². The molecule has 1 nitrogen and oxygen atoms in total. The van der Waals surface area contributed by atoms with Crippen LogP contribution in [0.4, 0.5) is 5.69 Å². The number of anilines is 1. The summed E-state index contributed by atoms with van der Waals surface area (Å²) in [6, 6.07) is 6.69. The molecule has 0 saturated carbocycles. The second kappa shape index (κ2) is 5.79. The first-order chi connectivity index (χ1) is 7.20. The topological polar surface area (TPSA) is 3.24 Å². The highest BCUT2D eigenvalue weighted by Crippen LogP contribution is 2.24. The Bertz CT molecular complexity index is 302. The minimum Gasteiger partial charge on any atom is -0.377 e. The van der Waals surface area contributed by atoms with Crippen LogP contribution in [-0.4, -0.2) is 14.1 Å². The predicted molar refractivity (Wildman–Crippen MR) is 68.8 cm³/mol. The summed E-state index contributed by atoms with van der Waals surface area (Å²) in [5.41, 5.74) is 4.47. The van der Waals surface area contributed by atoms with E-state index in [1.165, 1.54) is 36.9 Å². The minimum absolute atomic E-state index is 1.20. The quantitative estimate of drug-likeness (QED) is 0.709. The molecule has 0 aliphatic rings. The Kier molecular flexibility index (Phi) is 4.67. The Morgan fingerprint density at radius 2 is 1.67 bits per heavy atom. The Morgan fingerprint density at radius 1 is 1.00 bits per heavy atom. The van der Waals surface area contributed by atoms with Crippen LogP contribution in [0.5, 0.6) is 0 Å². The van der Waals surface area contributed by atoms with Crippen LogP contribution in [0.25, 0.3) is 0 Å². The van der Waals surface area contributed by atoms with Crippen LogP contribution >= 0.6 is 0 Å². The van der Waals surface area contributed by atoms with Gasteiger partial charge in [-0.25, -0.2) is 0 Å². The number of nitrogens with zero attached hydrogens (tertiary/aromatic N) is 1. The molecule has 0 radical (unpaired) electrons. The van der Waals surface area contributed by atoms with Crippen LogP contribution in [0.15, 0.2) is 18.2 Å². The molecular formula is C14H23N. The highest BCUT2D eigenvalue weighted by Gasteiger charge is 2.08. The zero-order valence-corrected chi connectivity index (χ0v) is 10.5. The summed E-state index contributed by atoms with van der Waals surface area (Å²) >= 11 is 0. The van der Waals surface area contributed by atoms with E-state index in [9.17, 15) is 0 Å². The highest BCUT2D eigenvalue weighted by atomic mass is 15.1. The molecule has 1 rings (SSSR count). The van der Waals surface area contributed by atoms with Crippen LogP contribution in [0, 0.1) is 0 Å². The second-order valence-corrected chi connectivity index (χ2v) is 4.31. The summed E-state index contributed by atoms with van der Waals surface area (Å²) in [5, 5.41) is 0. The maximum Gasteiger partial charge on any atom is 0.0396 e. The summed E-state index contributed by atoms with van der Waals surface area (Å²) in [5.74, 6) is 0. The molecular weight excluding hydrogens is 182 g/mol. The van der Waals surface area contributed by atoms with Gasteiger partial charge < -0.3 is 4.90 Å². The van der Waals surface area contributed by atoms with Crippen molar-refractivity contribution < 1.29 is 0 Å².